The summed E-state index contributed by atoms with van der Waals surface area (Å²) in [6, 6.07) is 7.85. The summed E-state index contributed by atoms with van der Waals surface area (Å²) in [4.78, 5) is 0. The Bertz CT molecular complexity index is 447. The van der Waals surface area contributed by atoms with Crippen LogP contribution >= 0.6 is 18.0 Å². The quantitative estimate of drug-likeness (QED) is 0.470. The molecule has 1 aromatic carbocycles. The van der Waals surface area contributed by atoms with Crippen molar-refractivity contribution in [3.63, 3.8) is 0 Å². The molecule has 4 nitrogen and oxygen atoms in total. The first-order valence-electron chi connectivity index (χ1n) is 5.87. The Morgan fingerprint density at radius 1 is 1.50 bits per heavy atom. The predicted molar refractivity (Wildman–Crippen MR) is 82.4 cm³/mol. The van der Waals surface area contributed by atoms with Gasteiger partial charge in [-0.05, 0) is 25.5 Å². The summed E-state index contributed by atoms with van der Waals surface area (Å²) in [5.74, 6) is 0. The molecule has 2 atom stereocenters. The molecule has 0 radical (unpaired) electrons. The fourth-order valence-electron chi connectivity index (χ4n) is 1.19. The summed E-state index contributed by atoms with van der Waals surface area (Å²) in [7, 11) is 0. The molecule has 0 heterocycles. The first-order chi connectivity index (χ1) is 8.43. The summed E-state index contributed by atoms with van der Waals surface area (Å²) in [5, 5.41) is 3.21. The second-order valence-electron chi connectivity index (χ2n) is 4.14. The summed E-state index contributed by atoms with van der Waals surface area (Å²) in [5.41, 5.74) is 7.75. The summed E-state index contributed by atoms with van der Waals surface area (Å²) in [6.07, 6.45) is 2.34. The molecule has 1 aromatic rings. The monoisotopic (exact) mass is 285 g/mol. The lowest BCUT2D eigenvalue weighted by Gasteiger charge is -2.11. The van der Waals surface area contributed by atoms with Crippen LogP contribution in [0.1, 0.15) is 25.8 Å². The van der Waals surface area contributed by atoms with E-state index >= 15 is 0 Å². The van der Waals surface area contributed by atoms with Crippen LogP contribution in [0.2, 0.25) is 0 Å². The van der Waals surface area contributed by atoms with Gasteiger partial charge in [-0.2, -0.15) is 4.76 Å². The molecule has 18 heavy (non-hydrogen) atoms. The van der Waals surface area contributed by atoms with Gasteiger partial charge in [-0.25, -0.2) is 0 Å². The standard InChI is InChI=1S/C12H20N3OPS/c1-4-11(3)18-17(13,16)15-9-14-12-7-5-10(2)6-8-12/h5-9,11H,4H2,1-3H3,(H3,13,14,15,16). The third-order valence-electron chi connectivity index (χ3n) is 2.41. The second kappa shape index (κ2) is 6.98. The third kappa shape index (κ3) is 5.71. The molecule has 1 rings (SSSR count). The molecule has 6 heteroatoms. The van der Waals surface area contributed by atoms with Crippen LogP contribution in [0.4, 0.5) is 5.69 Å². The Kier molecular flexibility index (Phi) is 5.93. The zero-order valence-corrected chi connectivity index (χ0v) is 12.7. The van der Waals surface area contributed by atoms with Crippen LogP contribution in [0.25, 0.3) is 0 Å². The van der Waals surface area contributed by atoms with E-state index in [0.717, 1.165) is 12.1 Å². The van der Waals surface area contributed by atoms with Crippen molar-refractivity contribution in [2.75, 3.05) is 5.32 Å². The fraction of sp³-hybridized carbons (Fsp3) is 0.417. The molecule has 0 aromatic heterocycles. The predicted octanol–water partition coefficient (Wildman–Crippen LogP) is 4.03. The minimum atomic E-state index is -2.99. The molecule has 0 saturated heterocycles. The molecule has 0 bridgehead atoms. The lowest BCUT2D eigenvalue weighted by atomic mass is 10.2. The van der Waals surface area contributed by atoms with E-state index in [0.29, 0.717) is 0 Å². The van der Waals surface area contributed by atoms with E-state index in [4.69, 9.17) is 5.50 Å². The number of hydrogen-bond donors (Lipinski definition) is 2. The van der Waals surface area contributed by atoms with E-state index in [1.54, 1.807) is 0 Å². The van der Waals surface area contributed by atoms with Gasteiger partial charge in [-0.3, -0.25) is 10.1 Å². The molecule has 3 N–H and O–H groups in total. The van der Waals surface area contributed by atoms with Crippen LogP contribution < -0.4 is 10.8 Å². The molecule has 0 amide bonds. The van der Waals surface area contributed by atoms with Gasteiger partial charge in [0.1, 0.15) is 0 Å². The van der Waals surface area contributed by atoms with Crippen molar-refractivity contribution in [1.82, 2.24) is 0 Å². The van der Waals surface area contributed by atoms with Crippen LogP contribution in [0.15, 0.2) is 29.0 Å². The van der Waals surface area contributed by atoms with Crippen LogP contribution in [0, 0.1) is 6.92 Å². The van der Waals surface area contributed by atoms with Gasteiger partial charge in [-0.15, -0.1) is 0 Å². The summed E-state index contributed by atoms with van der Waals surface area (Å²) >= 11 is 1.23. The fourth-order valence-corrected chi connectivity index (χ4v) is 4.43. The third-order valence-corrected chi connectivity index (χ3v) is 6.11. The number of anilines is 1. The van der Waals surface area contributed by atoms with Crippen LogP contribution in [-0.4, -0.2) is 11.6 Å². The van der Waals surface area contributed by atoms with Crippen LogP contribution in [-0.2, 0) is 4.57 Å². The molecule has 100 valence electrons. The minimum absolute atomic E-state index is 0.248. The van der Waals surface area contributed by atoms with Gasteiger partial charge >= 0.3 is 6.65 Å². The zero-order chi connectivity index (χ0) is 13.6. The number of nitrogens with zero attached hydrogens (tertiary/aromatic N) is 1. The van der Waals surface area contributed by atoms with E-state index in [1.165, 1.54) is 23.3 Å². The maximum Gasteiger partial charge on any atom is 0.309 e. The molecular weight excluding hydrogens is 265 g/mol. The highest BCUT2D eigenvalue weighted by Crippen LogP contribution is 2.54. The minimum Gasteiger partial charge on any atom is -0.346 e. The molecule has 0 fully saturated rings. The van der Waals surface area contributed by atoms with Crippen molar-refractivity contribution < 1.29 is 4.57 Å². The van der Waals surface area contributed by atoms with Gasteiger partial charge in [0.2, 0.25) is 0 Å². The van der Waals surface area contributed by atoms with Crippen molar-refractivity contribution in [3.05, 3.63) is 29.8 Å². The van der Waals surface area contributed by atoms with Crippen LogP contribution in [0.3, 0.4) is 0 Å². The number of nitrogens with one attached hydrogen (secondary N) is 1. The number of aryl methyl sites for hydroxylation is 1. The first kappa shape index (κ1) is 15.3. The first-order valence-corrected chi connectivity index (χ1v) is 9.08. The highest BCUT2D eigenvalue weighted by Gasteiger charge is 2.17. The van der Waals surface area contributed by atoms with Gasteiger partial charge in [0.05, 0.1) is 6.34 Å². The van der Waals surface area contributed by atoms with Crippen molar-refractivity contribution >= 4 is 30.1 Å². The van der Waals surface area contributed by atoms with E-state index < -0.39 is 6.65 Å². The Balaban J connectivity index is 2.53. The summed E-state index contributed by atoms with van der Waals surface area (Å²) < 4.78 is 15.9. The Morgan fingerprint density at radius 3 is 2.67 bits per heavy atom. The molecule has 0 aliphatic rings. The normalized spacial score (nSPS) is 16.4. The Morgan fingerprint density at radius 2 is 2.11 bits per heavy atom. The smallest absolute Gasteiger partial charge is 0.309 e. The van der Waals surface area contributed by atoms with Gasteiger partial charge in [-0.1, -0.05) is 42.9 Å². The van der Waals surface area contributed by atoms with Crippen molar-refractivity contribution in [3.8, 4) is 0 Å². The molecular formula is C12H20N3OPS. The van der Waals surface area contributed by atoms with Crippen molar-refractivity contribution in [1.29, 1.82) is 0 Å². The van der Waals surface area contributed by atoms with E-state index in [-0.39, 0.29) is 5.25 Å². The average molecular weight is 285 g/mol. The molecule has 2 unspecified atom stereocenters. The molecule has 0 aliphatic carbocycles. The number of hydrogen-bond acceptors (Lipinski definition) is 2. The van der Waals surface area contributed by atoms with E-state index in [9.17, 15) is 4.57 Å². The van der Waals surface area contributed by atoms with Gasteiger partial charge in [0, 0.05) is 10.9 Å². The maximum atomic E-state index is 11.9. The number of nitrogens with two attached hydrogens (primary N) is 1. The molecule has 0 spiro atoms. The maximum absolute atomic E-state index is 11.9. The van der Waals surface area contributed by atoms with Crippen molar-refractivity contribution in [2.45, 2.75) is 32.4 Å². The number of rotatable bonds is 6. The Labute approximate surface area is 113 Å². The van der Waals surface area contributed by atoms with Crippen molar-refractivity contribution in [2.24, 2.45) is 10.3 Å². The summed E-state index contributed by atoms with van der Waals surface area (Å²) in [6.45, 7) is 3.06. The van der Waals surface area contributed by atoms with Gasteiger partial charge < -0.3 is 5.32 Å². The van der Waals surface area contributed by atoms with E-state index in [2.05, 4.69) is 10.1 Å². The van der Waals surface area contributed by atoms with Crippen LogP contribution in [0.5, 0.6) is 0 Å². The van der Waals surface area contributed by atoms with Gasteiger partial charge in [0.15, 0.2) is 0 Å². The topological polar surface area (TPSA) is 67.5 Å². The SMILES string of the molecule is CCC(C)SP(N)(=O)N=CNc1ccc(C)cc1. The molecule has 0 saturated carbocycles. The highest BCUT2D eigenvalue weighted by atomic mass is 32.7. The lowest BCUT2D eigenvalue weighted by molar-refractivity contribution is 0.587. The van der Waals surface area contributed by atoms with Gasteiger partial charge in [0.25, 0.3) is 0 Å². The zero-order valence-electron chi connectivity index (χ0n) is 11.0. The number of benzene rings is 1. The molecule has 0 aliphatic heterocycles. The largest absolute Gasteiger partial charge is 0.346 e. The highest BCUT2D eigenvalue weighted by molar-refractivity contribution is 8.57. The average Bonchev–Trinajstić information content (AvgIpc) is 2.31. The second-order valence-corrected chi connectivity index (χ2v) is 8.72. The lowest BCUT2D eigenvalue weighted by Crippen LogP contribution is -1.99. The van der Waals surface area contributed by atoms with E-state index in [1.807, 2.05) is 45.0 Å². The Hall–Kier alpha value is -0.770.